The van der Waals surface area contributed by atoms with Crippen LogP contribution in [0.2, 0.25) is 0 Å². The number of H-pyrrole nitrogens is 1. The van der Waals surface area contributed by atoms with Gasteiger partial charge in [0.1, 0.15) is 0 Å². The van der Waals surface area contributed by atoms with Gasteiger partial charge in [0.05, 0.1) is 24.4 Å². The van der Waals surface area contributed by atoms with Crippen molar-refractivity contribution >= 4 is 5.91 Å². The van der Waals surface area contributed by atoms with E-state index >= 15 is 0 Å². The van der Waals surface area contributed by atoms with E-state index in [0.717, 1.165) is 11.3 Å². The van der Waals surface area contributed by atoms with Crippen LogP contribution < -0.4 is 0 Å². The van der Waals surface area contributed by atoms with Crippen molar-refractivity contribution in [1.82, 2.24) is 24.9 Å². The summed E-state index contributed by atoms with van der Waals surface area (Å²) in [4.78, 5) is 14.3. The lowest BCUT2D eigenvalue weighted by Gasteiger charge is -2.25. The molecule has 2 aromatic rings. The molecule has 0 saturated carbocycles. The molecule has 1 N–H and O–H groups in total. The molecule has 0 aromatic carbocycles. The van der Waals surface area contributed by atoms with Crippen molar-refractivity contribution in [2.75, 3.05) is 13.6 Å². The van der Waals surface area contributed by atoms with Gasteiger partial charge in [-0.25, -0.2) is 0 Å². The number of nitrogens with zero attached hydrogens (tertiary/aromatic N) is 4. The highest BCUT2D eigenvalue weighted by molar-refractivity contribution is 5.94. The van der Waals surface area contributed by atoms with Crippen LogP contribution in [0.1, 0.15) is 41.7 Å². The molecule has 0 fully saturated rings. The standard InChI is InChI=1S/C15H21N5O2/c1-10-9-12-13(11(2)22-10)17-18-14(12)15(21)19(3)7-8-20-6-4-5-16-20/h4-6,10-11H,7-9H2,1-3H3,(H,17,18)/t10-,11+/m1/s1. The first kappa shape index (κ1) is 14.8. The molecule has 1 aliphatic rings. The minimum absolute atomic E-state index is 0.0535. The fraction of sp³-hybridized carbons (Fsp3) is 0.533. The molecular formula is C15H21N5O2. The molecule has 2 aromatic heterocycles. The Morgan fingerprint density at radius 1 is 1.55 bits per heavy atom. The van der Waals surface area contributed by atoms with E-state index in [1.165, 1.54) is 0 Å². The van der Waals surface area contributed by atoms with Gasteiger partial charge in [-0.2, -0.15) is 10.2 Å². The van der Waals surface area contributed by atoms with Gasteiger partial charge in [0.25, 0.3) is 5.91 Å². The molecule has 7 nitrogen and oxygen atoms in total. The Morgan fingerprint density at radius 3 is 3.09 bits per heavy atom. The monoisotopic (exact) mass is 303 g/mol. The second-order valence-electron chi connectivity index (χ2n) is 5.75. The number of amides is 1. The summed E-state index contributed by atoms with van der Waals surface area (Å²) in [5, 5.41) is 11.3. The summed E-state index contributed by atoms with van der Waals surface area (Å²) in [5.41, 5.74) is 2.42. The summed E-state index contributed by atoms with van der Waals surface area (Å²) in [5.74, 6) is -0.0639. The zero-order valence-corrected chi connectivity index (χ0v) is 13.1. The lowest BCUT2D eigenvalue weighted by molar-refractivity contribution is -0.00701. The minimum Gasteiger partial charge on any atom is -0.369 e. The van der Waals surface area contributed by atoms with E-state index in [9.17, 15) is 4.79 Å². The molecule has 0 bridgehead atoms. The highest BCUT2D eigenvalue weighted by Crippen LogP contribution is 2.30. The first-order chi connectivity index (χ1) is 10.6. The molecule has 3 rings (SSSR count). The Hall–Kier alpha value is -2.15. The van der Waals surface area contributed by atoms with Gasteiger partial charge >= 0.3 is 0 Å². The van der Waals surface area contributed by atoms with Crippen LogP contribution in [0.15, 0.2) is 18.5 Å². The van der Waals surface area contributed by atoms with Crippen molar-refractivity contribution in [3.63, 3.8) is 0 Å². The summed E-state index contributed by atoms with van der Waals surface area (Å²) < 4.78 is 7.56. The smallest absolute Gasteiger partial charge is 0.274 e. The largest absolute Gasteiger partial charge is 0.369 e. The SMILES string of the molecule is C[C@@H]1Cc2c(C(=O)N(C)CCn3cccn3)n[nH]c2[C@H](C)O1. The first-order valence-corrected chi connectivity index (χ1v) is 7.51. The van der Waals surface area contributed by atoms with Crippen LogP contribution in [0.3, 0.4) is 0 Å². The number of hydrogen-bond donors (Lipinski definition) is 1. The Balaban J connectivity index is 1.72. The third kappa shape index (κ3) is 2.76. The van der Waals surface area contributed by atoms with Gasteiger partial charge in [0.15, 0.2) is 5.69 Å². The average Bonchev–Trinajstić information content (AvgIpc) is 3.13. The number of aromatic amines is 1. The van der Waals surface area contributed by atoms with E-state index in [1.807, 2.05) is 30.8 Å². The zero-order valence-electron chi connectivity index (χ0n) is 13.1. The van der Waals surface area contributed by atoms with E-state index in [-0.39, 0.29) is 18.1 Å². The van der Waals surface area contributed by atoms with Gasteiger partial charge in [0, 0.05) is 38.0 Å². The molecule has 0 saturated heterocycles. The number of likely N-dealkylation sites (N-methyl/N-ethyl adjacent to an activating group) is 1. The highest BCUT2D eigenvalue weighted by atomic mass is 16.5. The van der Waals surface area contributed by atoms with Crippen molar-refractivity contribution in [1.29, 1.82) is 0 Å². The molecular weight excluding hydrogens is 282 g/mol. The fourth-order valence-corrected chi connectivity index (χ4v) is 2.82. The molecule has 7 heteroatoms. The number of nitrogens with one attached hydrogen (secondary N) is 1. The van der Waals surface area contributed by atoms with Crippen LogP contribution in [-0.2, 0) is 17.7 Å². The van der Waals surface area contributed by atoms with Crippen molar-refractivity contribution in [2.24, 2.45) is 0 Å². The van der Waals surface area contributed by atoms with Gasteiger partial charge in [0.2, 0.25) is 0 Å². The zero-order chi connectivity index (χ0) is 15.7. The summed E-state index contributed by atoms with van der Waals surface area (Å²) in [7, 11) is 1.79. The number of carbonyl (C=O) groups is 1. The third-order valence-electron chi connectivity index (χ3n) is 4.01. The highest BCUT2D eigenvalue weighted by Gasteiger charge is 2.30. The molecule has 1 amide bonds. The van der Waals surface area contributed by atoms with Crippen LogP contribution in [-0.4, -0.2) is 50.5 Å². The van der Waals surface area contributed by atoms with Crippen LogP contribution in [0, 0.1) is 0 Å². The number of fused-ring (bicyclic) bond motifs is 1. The van der Waals surface area contributed by atoms with Crippen LogP contribution in [0.4, 0.5) is 0 Å². The maximum Gasteiger partial charge on any atom is 0.274 e. The summed E-state index contributed by atoms with van der Waals surface area (Å²) >= 11 is 0. The third-order valence-corrected chi connectivity index (χ3v) is 4.01. The fourth-order valence-electron chi connectivity index (χ4n) is 2.82. The van der Waals surface area contributed by atoms with E-state index in [1.54, 1.807) is 18.1 Å². The second-order valence-corrected chi connectivity index (χ2v) is 5.75. The average molecular weight is 303 g/mol. The minimum atomic E-state index is -0.0639. The van der Waals surface area contributed by atoms with Crippen LogP contribution in [0.5, 0.6) is 0 Å². The predicted molar refractivity (Wildman–Crippen MR) is 80.4 cm³/mol. The van der Waals surface area contributed by atoms with E-state index < -0.39 is 0 Å². The lowest BCUT2D eigenvalue weighted by Crippen LogP contribution is -2.32. The van der Waals surface area contributed by atoms with Crippen molar-refractivity contribution in [2.45, 2.75) is 39.0 Å². The molecule has 0 spiro atoms. The number of aromatic nitrogens is 4. The quantitative estimate of drug-likeness (QED) is 0.926. The van der Waals surface area contributed by atoms with Crippen molar-refractivity contribution in [3.05, 3.63) is 35.4 Å². The Bertz CT molecular complexity index is 649. The van der Waals surface area contributed by atoms with E-state index in [0.29, 0.717) is 25.2 Å². The molecule has 0 radical (unpaired) electrons. The van der Waals surface area contributed by atoms with Gasteiger partial charge < -0.3 is 9.64 Å². The number of rotatable bonds is 4. The Labute approximate surface area is 129 Å². The molecule has 118 valence electrons. The second kappa shape index (κ2) is 5.92. The van der Waals surface area contributed by atoms with Crippen LogP contribution in [0.25, 0.3) is 0 Å². The maximum absolute atomic E-state index is 12.6. The molecule has 1 aliphatic heterocycles. The Kier molecular flexibility index (Phi) is 3.98. The van der Waals surface area contributed by atoms with Gasteiger partial charge in [-0.05, 0) is 19.9 Å². The molecule has 0 aliphatic carbocycles. The number of ether oxygens (including phenoxy) is 1. The molecule has 0 unspecified atom stereocenters. The van der Waals surface area contributed by atoms with Gasteiger partial charge in [-0.3, -0.25) is 14.6 Å². The lowest BCUT2D eigenvalue weighted by atomic mass is 9.99. The van der Waals surface area contributed by atoms with E-state index in [2.05, 4.69) is 15.3 Å². The molecule has 3 heterocycles. The van der Waals surface area contributed by atoms with Crippen molar-refractivity contribution in [3.8, 4) is 0 Å². The summed E-state index contributed by atoms with van der Waals surface area (Å²) in [6.07, 6.45) is 4.37. The molecule has 22 heavy (non-hydrogen) atoms. The summed E-state index contributed by atoms with van der Waals surface area (Å²) in [6, 6.07) is 1.87. The van der Waals surface area contributed by atoms with Gasteiger partial charge in [-0.1, -0.05) is 0 Å². The molecule has 2 atom stereocenters. The Morgan fingerprint density at radius 2 is 2.36 bits per heavy atom. The normalized spacial score (nSPS) is 20.7. The van der Waals surface area contributed by atoms with Crippen LogP contribution >= 0.6 is 0 Å². The first-order valence-electron chi connectivity index (χ1n) is 7.51. The van der Waals surface area contributed by atoms with E-state index in [4.69, 9.17) is 4.74 Å². The number of carbonyl (C=O) groups excluding carboxylic acids is 1. The maximum atomic E-state index is 12.6. The van der Waals surface area contributed by atoms with Crippen molar-refractivity contribution < 1.29 is 9.53 Å². The number of hydrogen-bond acceptors (Lipinski definition) is 4. The van der Waals surface area contributed by atoms with Gasteiger partial charge in [-0.15, -0.1) is 0 Å². The summed E-state index contributed by atoms with van der Waals surface area (Å²) in [6.45, 7) is 5.24. The predicted octanol–water partition coefficient (Wildman–Crippen LogP) is 1.40. The topological polar surface area (TPSA) is 76.0 Å².